The van der Waals surface area contributed by atoms with Crippen molar-refractivity contribution in [2.24, 2.45) is 0 Å². The van der Waals surface area contributed by atoms with Gasteiger partial charge in [0.05, 0.1) is 14.2 Å². The summed E-state index contributed by atoms with van der Waals surface area (Å²) in [5, 5.41) is 0. The molecule has 0 aromatic heterocycles. The van der Waals surface area contributed by atoms with Gasteiger partial charge in [-0.2, -0.15) is 0 Å². The summed E-state index contributed by atoms with van der Waals surface area (Å²) < 4.78 is 16.1. The molecule has 5 nitrogen and oxygen atoms in total. The molecule has 0 amide bonds. The van der Waals surface area contributed by atoms with Crippen LogP contribution in [0.3, 0.4) is 0 Å². The normalized spacial score (nSPS) is 10.5. The van der Waals surface area contributed by atoms with Gasteiger partial charge in [-0.3, -0.25) is 4.79 Å². The molecule has 6 heteroatoms. The second-order valence-electron chi connectivity index (χ2n) is 5.02. The van der Waals surface area contributed by atoms with Crippen LogP contribution in [0.2, 0.25) is 0 Å². The molecule has 0 aliphatic rings. The lowest BCUT2D eigenvalue weighted by atomic mass is 10.1. The fourth-order valence-electron chi connectivity index (χ4n) is 2.02. The van der Waals surface area contributed by atoms with Crippen LogP contribution in [0, 0.1) is 0 Å². The Morgan fingerprint density at radius 3 is 2.32 bits per heavy atom. The zero-order chi connectivity index (χ0) is 18.2. The van der Waals surface area contributed by atoms with E-state index in [4.69, 9.17) is 14.2 Å². The summed E-state index contributed by atoms with van der Waals surface area (Å²) in [6, 6.07) is 12.1. The molecule has 0 fully saturated rings. The SMILES string of the molecule is COc1cc(/C=C/C(=O)OCC(=O)c2cccc(Br)c2)cc(OC)c1. The van der Waals surface area contributed by atoms with Gasteiger partial charge >= 0.3 is 5.97 Å². The Labute approximate surface area is 154 Å². The van der Waals surface area contributed by atoms with Gasteiger partial charge in [-0.15, -0.1) is 0 Å². The van der Waals surface area contributed by atoms with Gasteiger partial charge in [0.1, 0.15) is 11.5 Å². The molecule has 25 heavy (non-hydrogen) atoms. The smallest absolute Gasteiger partial charge is 0.331 e. The number of carbonyl (C=O) groups is 2. The molecule has 0 aliphatic heterocycles. The molecule has 0 saturated heterocycles. The standard InChI is InChI=1S/C19H17BrO5/c1-23-16-8-13(9-17(11-16)24-2)6-7-19(22)25-12-18(21)14-4-3-5-15(20)10-14/h3-11H,12H2,1-2H3/b7-6+. The minimum absolute atomic E-state index is 0.272. The highest BCUT2D eigenvalue weighted by Gasteiger charge is 2.09. The van der Waals surface area contributed by atoms with Crippen molar-refractivity contribution in [3.05, 3.63) is 64.1 Å². The van der Waals surface area contributed by atoms with Crippen LogP contribution in [0.15, 0.2) is 53.0 Å². The largest absolute Gasteiger partial charge is 0.497 e. The maximum atomic E-state index is 12.0. The molecule has 0 N–H and O–H groups in total. The van der Waals surface area contributed by atoms with Crippen LogP contribution >= 0.6 is 15.9 Å². The number of Topliss-reactive ketones (excluding diaryl/α,β-unsaturated/α-hetero) is 1. The van der Waals surface area contributed by atoms with Crippen LogP contribution in [-0.2, 0) is 9.53 Å². The predicted octanol–water partition coefficient (Wildman–Crippen LogP) is 3.91. The molecule has 0 heterocycles. The van der Waals surface area contributed by atoms with Crippen molar-refractivity contribution >= 4 is 33.8 Å². The number of halogens is 1. The minimum atomic E-state index is -0.606. The molecule has 2 aromatic carbocycles. The van der Waals surface area contributed by atoms with Crippen molar-refractivity contribution in [1.82, 2.24) is 0 Å². The second-order valence-corrected chi connectivity index (χ2v) is 5.94. The van der Waals surface area contributed by atoms with Gasteiger partial charge in [0, 0.05) is 22.2 Å². The van der Waals surface area contributed by atoms with E-state index >= 15 is 0 Å². The maximum absolute atomic E-state index is 12.0. The van der Waals surface area contributed by atoms with Crippen LogP contribution in [0.4, 0.5) is 0 Å². The molecule has 0 bridgehead atoms. The third-order valence-corrected chi connectivity index (χ3v) is 3.77. The van der Waals surface area contributed by atoms with E-state index in [-0.39, 0.29) is 12.4 Å². The Balaban J connectivity index is 1.96. The monoisotopic (exact) mass is 404 g/mol. The minimum Gasteiger partial charge on any atom is -0.497 e. The summed E-state index contributed by atoms with van der Waals surface area (Å²) >= 11 is 3.29. The van der Waals surface area contributed by atoms with Gasteiger partial charge in [-0.1, -0.05) is 28.1 Å². The van der Waals surface area contributed by atoms with Gasteiger partial charge in [-0.05, 0) is 35.9 Å². The first-order chi connectivity index (χ1) is 12.0. The third kappa shape index (κ3) is 5.76. The molecule has 2 aromatic rings. The van der Waals surface area contributed by atoms with Crippen molar-refractivity contribution in [2.45, 2.75) is 0 Å². The maximum Gasteiger partial charge on any atom is 0.331 e. The average molecular weight is 405 g/mol. The first kappa shape index (κ1) is 18.7. The van der Waals surface area contributed by atoms with Crippen LogP contribution < -0.4 is 9.47 Å². The van der Waals surface area contributed by atoms with Crippen molar-refractivity contribution in [3.63, 3.8) is 0 Å². The van der Waals surface area contributed by atoms with Gasteiger partial charge < -0.3 is 14.2 Å². The molecule has 0 spiro atoms. The van der Waals surface area contributed by atoms with Crippen LogP contribution in [0.5, 0.6) is 11.5 Å². The highest BCUT2D eigenvalue weighted by molar-refractivity contribution is 9.10. The summed E-state index contributed by atoms with van der Waals surface area (Å²) in [7, 11) is 3.09. The van der Waals surface area contributed by atoms with Crippen molar-refractivity contribution in [2.75, 3.05) is 20.8 Å². The lowest BCUT2D eigenvalue weighted by Crippen LogP contribution is -2.12. The summed E-state index contributed by atoms with van der Waals surface area (Å²) in [5.74, 6) is 0.339. The molecule has 0 aliphatic carbocycles. The summed E-state index contributed by atoms with van der Waals surface area (Å²) in [5.41, 5.74) is 1.19. The fraction of sp³-hybridized carbons (Fsp3) is 0.158. The van der Waals surface area contributed by atoms with Crippen molar-refractivity contribution in [3.8, 4) is 11.5 Å². The van der Waals surface area contributed by atoms with Gasteiger partial charge in [0.15, 0.2) is 12.4 Å². The molecule has 130 valence electrons. The Morgan fingerprint density at radius 1 is 1.04 bits per heavy atom. The quantitative estimate of drug-likeness (QED) is 0.397. The fourth-order valence-corrected chi connectivity index (χ4v) is 2.42. The van der Waals surface area contributed by atoms with Crippen LogP contribution in [0.25, 0.3) is 6.08 Å². The van der Waals surface area contributed by atoms with Crippen molar-refractivity contribution in [1.29, 1.82) is 0 Å². The van der Waals surface area contributed by atoms with E-state index in [0.29, 0.717) is 22.6 Å². The molecule has 0 atom stereocenters. The molecular weight excluding hydrogens is 388 g/mol. The molecule has 2 rings (SSSR count). The zero-order valence-corrected chi connectivity index (χ0v) is 15.4. The Bertz CT molecular complexity index is 776. The van der Waals surface area contributed by atoms with E-state index in [1.54, 1.807) is 56.7 Å². The van der Waals surface area contributed by atoms with Gasteiger partial charge in [-0.25, -0.2) is 4.79 Å². The lowest BCUT2D eigenvalue weighted by molar-refractivity contribution is -0.136. The Hall–Kier alpha value is -2.60. The topological polar surface area (TPSA) is 61.8 Å². The number of esters is 1. The number of methoxy groups -OCH3 is 2. The molecule has 0 radical (unpaired) electrons. The first-order valence-corrected chi connectivity index (χ1v) is 8.18. The van der Waals surface area contributed by atoms with E-state index in [1.165, 1.54) is 6.08 Å². The highest BCUT2D eigenvalue weighted by Crippen LogP contribution is 2.23. The number of hydrogen-bond donors (Lipinski definition) is 0. The number of carbonyl (C=O) groups excluding carboxylic acids is 2. The summed E-state index contributed by atoms with van der Waals surface area (Å²) in [6.07, 6.45) is 2.82. The van der Waals surface area contributed by atoms with Gasteiger partial charge in [0.25, 0.3) is 0 Å². The number of rotatable bonds is 7. The number of benzene rings is 2. The average Bonchev–Trinajstić information content (AvgIpc) is 2.63. The summed E-state index contributed by atoms with van der Waals surface area (Å²) in [6.45, 7) is -0.318. The molecular formula is C19H17BrO5. The molecule has 0 saturated carbocycles. The third-order valence-electron chi connectivity index (χ3n) is 3.28. The predicted molar refractivity (Wildman–Crippen MR) is 98.0 cm³/mol. The zero-order valence-electron chi connectivity index (χ0n) is 13.8. The number of ether oxygens (including phenoxy) is 3. The van der Waals surface area contributed by atoms with E-state index in [9.17, 15) is 9.59 Å². The van der Waals surface area contributed by atoms with Gasteiger partial charge in [0.2, 0.25) is 0 Å². The first-order valence-electron chi connectivity index (χ1n) is 7.38. The van der Waals surface area contributed by atoms with E-state index in [1.807, 2.05) is 6.07 Å². The van der Waals surface area contributed by atoms with Crippen LogP contribution in [-0.4, -0.2) is 32.6 Å². The van der Waals surface area contributed by atoms with Crippen molar-refractivity contribution < 1.29 is 23.8 Å². The number of ketones is 1. The van der Waals surface area contributed by atoms with Crippen LogP contribution in [0.1, 0.15) is 15.9 Å². The number of hydrogen-bond acceptors (Lipinski definition) is 5. The Kier molecular flexibility index (Phi) is 6.77. The van der Waals surface area contributed by atoms with E-state index < -0.39 is 5.97 Å². The van der Waals surface area contributed by atoms with E-state index in [0.717, 1.165) is 4.47 Å². The Morgan fingerprint density at radius 2 is 1.72 bits per heavy atom. The lowest BCUT2D eigenvalue weighted by Gasteiger charge is -2.06. The highest BCUT2D eigenvalue weighted by atomic mass is 79.9. The second kappa shape index (κ2) is 9.03. The van der Waals surface area contributed by atoms with E-state index in [2.05, 4.69) is 15.9 Å². The summed E-state index contributed by atoms with van der Waals surface area (Å²) in [4.78, 5) is 23.8. The molecule has 0 unspecified atom stereocenters.